The van der Waals surface area contributed by atoms with Gasteiger partial charge in [0.25, 0.3) is 0 Å². The average molecular weight is 582 g/mol. The molecule has 12 nitrogen and oxygen atoms in total. The van der Waals surface area contributed by atoms with Gasteiger partial charge < -0.3 is 38.8 Å². The molecule has 1 aliphatic rings. The van der Waals surface area contributed by atoms with Crippen LogP contribution in [0.5, 0.6) is 11.5 Å². The molecule has 12 heteroatoms. The number of hydrogen-bond donors (Lipinski definition) is 2. The highest BCUT2D eigenvalue weighted by molar-refractivity contribution is 5.74. The van der Waals surface area contributed by atoms with Crippen LogP contribution in [0.4, 0.5) is 14.4 Å². The van der Waals surface area contributed by atoms with E-state index in [-0.39, 0.29) is 36.7 Å². The fraction of sp³-hybridized carbons (Fsp3) is 0.655. The molecule has 0 spiro atoms. The third kappa shape index (κ3) is 12.7. The van der Waals surface area contributed by atoms with Gasteiger partial charge in [0.15, 0.2) is 11.5 Å². The van der Waals surface area contributed by atoms with Crippen LogP contribution in [0.2, 0.25) is 0 Å². The summed E-state index contributed by atoms with van der Waals surface area (Å²) in [4.78, 5) is 48.6. The number of hydrogen-bond acceptors (Lipinski definition) is 11. The molecule has 2 rings (SSSR count). The van der Waals surface area contributed by atoms with Gasteiger partial charge in [-0.1, -0.05) is 26.3 Å². The van der Waals surface area contributed by atoms with Crippen LogP contribution in [-0.2, 0) is 30.2 Å². The first-order valence-electron chi connectivity index (χ1n) is 14.2. The molecule has 1 aliphatic carbocycles. The zero-order valence-corrected chi connectivity index (χ0v) is 24.5. The highest BCUT2D eigenvalue weighted by Crippen LogP contribution is 2.30. The van der Waals surface area contributed by atoms with Crippen molar-refractivity contribution in [3.8, 4) is 11.5 Å². The number of nitrogens with one attached hydrogen (secondary N) is 1. The summed E-state index contributed by atoms with van der Waals surface area (Å²) >= 11 is 0. The fourth-order valence-corrected chi connectivity index (χ4v) is 3.91. The maximum absolute atomic E-state index is 12.3. The Kier molecular flexibility index (Phi) is 14.2. The molecule has 3 unspecified atom stereocenters. The second-order valence-corrected chi connectivity index (χ2v) is 10.2. The van der Waals surface area contributed by atoms with Gasteiger partial charge in [-0.2, -0.15) is 0 Å². The first-order chi connectivity index (χ1) is 19.5. The first kappa shape index (κ1) is 33.7. The standard InChI is InChI=1S/C29H43NO11/c1-6-18(3)36-28(34)40-24-14-13-21(16-25(24)41-29(35)37-19(4)7-2)15-23(26(31)32)30-17-20(5)38-27(33)39-22-11-9-8-10-12-22/h13-14,16,18-20,22-23,30H,6-12,15,17H2,1-5H3,(H,31,32)/t18?,19?,20?,23-/m0/s1. The molecule has 1 aromatic rings. The number of benzene rings is 1. The highest BCUT2D eigenvalue weighted by Gasteiger charge is 2.24. The van der Waals surface area contributed by atoms with Gasteiger partial charge in [-0.15, -0.1) is 0 Å². The lowest BCUT2D eigenvalue weighted by molar-refractivity contribution is -0.139. The van der Waals surface area contributed by atoms with Gasteiger partial charge in [0.05, 0.1) is 0 Å². The summed E-state index contributed by atoms with van der Waals surface area (Å²) < 4.78 is 31.5. The van der Waals surface area contributed by atoms with Gasteiger partial charge in [0, 0.05) is 6.54 Å². The summed E-state index contributed by atoms with van der Waals surface area (Å²) in [5.41, 5.74) is 0.462. The number of rotatable bonds is 14. The van der Waals surface area contributed by atoms with Crippen LogP contribution < -0.4 is 14.8 Å². The predicted octanol–water partition coefficient (Wildman–Crippen LogP) is 5.77. The molecule has 0 aromatic heterocycles. The third-order valence-electron chi connectivity index (χ3n) is 6.64. The quantitative estimate of drug-likeness (QED) is 0.155. The summed E-state index contributed by atoms with van der Waals surface area (Å²) in [6.45, 7) is 8.77. The van der Waals surface area contributed by atoms with Gasteiger partial charge in [0.1, 0.15) is 30.5 Å². The molecule has 0 radical (unpaired) electrons. The number of carboxylic acid groups (broad SMARTS) is 1. The lowest BCUT2D eigenvalue weighted by Gasteiger charge is -2.23. The molecule has 0 saturated heterocycles. The number of ether oxygens (including phenoxy) is 6. The smallest absolute Gasteiger partial charge is 0.480 e. The largest absolute Gasteiger partial charge is 0.514 e. The Morgan fingerprint density at radius 2 is 1.39 bits per heavy atom. The van der Waals surface area contributed by atoms with E-state index in [0.717, 1.165) is 32.1 Å². The number of carboxylic acids is 1. The maximum Gasteiger partial charge on any atom is 0.514 e. The van der Waals surface area contributed by atoms with Crippen LogP contribution in [0.15, 0.2) is 18.2 Å². The second kappa shape index (κ2) is 17.3. The molecule has 1 saturated carbocycles. The Bertz CT molecular complexity index is 1010. The summed E-state index contributed by atoms with van der Waals surface area (Å²) in [6.07, 6.45) is 1.55. The lowest BCUT2D eigenvalue weighted by atomic mass is 9.98. The molecule has 0 heterocycles. The van der Waals surface area contributed by atoms with Crippen molar-refractivity contribution in [3.05, 3.63) is 23.8 Å². The Balaban J connectivity index is 2.06. The zero-order valence-electron chi connectivity index (χ0n) is 24.5. The Morgan fingerprint density at radius 3 is 1.95 bits per heavy atom. The monoisotopic (exact) mass is 581 g/mol. The summed E-state index contributed by atoms with van der Waals surface area (Å²) in [5, 5.41) is 12.7. The molecular formula is C29H43NO11. The minimum Gasteiger partial charge on any atom is -0.480 e. The van der Waals surface area contributed by atoms with Crippen molar-refractivity contribution in [2.45, 2.75) is 116 Å². The van der Waals surface area contributed by atoms with Crippen LogP contribution in [0.1, 0.15) is 85.1 Å². The maximum atomic E-state index is 12.3. The molecule has 1 fully saturated rings. The van der Waals surface area contributed by atoms with Crippen molar-refractivity contribution in [1.82, 2.24) is 5.32 Å². The third-order valence-corrected chi connectivity index (χ3v) is 6.64. The zero-order chi connectivity index (χ0) is 30.4. The molecule has 0 amide bonds. The normalized spacial score (nSPS) is 16.4. The van der Waals surface area contributed by atoms with Crippen LogP contribution in [0, 0.1) is 0 Å². The second-order valence-electron chi connectivity index (χ2n) is 10.2. The molecule has 0 bridgehead atoms. The van der Waals surface area contributed by atoms with E-state index in [1.807, 2.05) is 13.8 Å². The Hall–Kier alpha value is -3.54. The number of aliphatic carboxylic acids is 1. The van der Waals surface area contributed by atoms with E-state index in [1.54, 1.807) is 20.8 Å². The lowest BCUT2D eigenvalue weighted by Crippen LogP contribution is -2.43. The van der Waals surface area contributed by atoms with Crippen molar-refractivity contribution in [1.29, 1.82) is 0 Å². The van der Waals surface area contributed by atoms with Crippen molar-refractivity contribution in [3.63, 3.8) is 0 Å². The molecule has 1 aromatic carbocycles. The SMILES string of the molecule is CCC(C)OC(=O)Oc1ccc(C[C@H](NCC(C)OC(=O)OC2CCCCC2)C(=O)O)cc1OC(=O)OC(C)CC. The number of carbonyl (C=O) groups excluding carboxylic acids is 3. The topological polar surface area (TPSA) is 156 Å². The molecule has 4 atom stereocenters. The highest BCUT2D eigenvalue weighted by atomic mass is 16.8. The van der Waals surface area contributed by atoms with E-state index in [4.69, 9.17) is 28.4 Å². The molecule has 230 valence electrons. The van der Waals surface area contributed by atoms with Gasteiger partial charge >= 0.3 is 24.4 Å². The minimum atomic E-state index is -1.14. The molecule has 41 heavy (non-hydrogen) atoms. The number of carbonyl (C=O) groups is 4. The van der Waals surface area contributed by atoms with Crippen LogP contribution in [0.3, 0.4) is 0 Å². The van der Waals surface area contributed by atoms with E-state index in [0.29, 0.717) is 18.4 Å². The predicted molar refractivity (Wildman–Crippen MR) is 147 cm³/mol. The van der Waals surface area contributed by atoms with Crippen LogP contribution in [-0.4, -0.2) is 66.5 Å². The van der Waals surface area contributed by atoms with E-state index >= 15 is 0 Å². The molecule has 2 N–H and O–H groups in total. The van der Waals surface area contributed by atoms with E-state index in [1.165, 1.54) is 18.2 Å². The van der Waals surface area contributed by atoms with Gasteiger partial charge in [0.2, 0.25) is 0 Å². The van der Waals surface area contributed by atoms with Crippen molar-refractivity contribution >= 4 is 24.4 Å². The molecular weight excluding hydrogens is 538 g/mol. The molecule has 0 aliphatic heterocycles. The van der Waals surface area contributed by atoms with Crippen LogP contribution in [0.25, 0.3) is 0 Å². The average Bonchev–Trinajstić information content (AvgIpc) is 2.92. The van der Waals surface area contributed by atoms with Gasteiger partial charge in [-0.3, -0.25) is 4.79 Å². The minimum absolute atomic E-state index is 0.0249. The van der Waals surface area contributed by atoms with E-state index < -0.39 is 42.7 Å². The summed E-state index contributed by atoms with van der Waals surface area (Å²) in [5.74, 6) is -1.37. The Morgan fingerprint density at radius 1 is 0.829 bits per heavy atom. The van der Waals surface area contributed by atoms with Gasteiger partial charge in [-0.05, 0) is 83.4 Å². The van der Waals surface area contributed by atoms with E-state index in [2.05, 4.69) is 5.32 Å². The van der Waals surface area contributed by atoms with Crippen molar-refractivity contribution < 1.29 is 52.7 Å². The first-order valence-corrected chi connectivity index (χ1v) is 14.2. The Labute approximate surface area is 240 Å². The fourth-order valence-electron chi connectivity index (χ4n) is 3.91. The van der Waals surface area contributed by atoms with Crippen LogP contribution >= 0.6 is 0 Å². The summed E-state index contributed by atoms with van der Waals surface area (Å²) in [7, 11) is 0. The summed E-state index contributed by atoms with van der Waals surface area (Å²) in [6, 6.07) is 3.24. The van der Waals surface area contributed by atoms with E-state index in [9.17, 15) is 24.3 Å². The van der Waals surface area contributed by atoms with Crippen molar-refractivity contribution in [2.24, 2.45) is 0 Å². The van der Waals surface area contributed by atoms with Gasteiger partial charge in [-0.25, -0.2) is 14.4 Å². The van der Waals surface area contributed by atoms with Crippen molar-refractivity contribution in [2.75, 3.05) is 6.54 Å².